The first-order valence-electron chi connectivity index (χ1n) is 10.7. The number of hydrogen-bond acceptors (Lipinski definition) is 4. The number of anilines is 2. The summed E-state index contributed by atoms with van der Waals surface area (Å²) < 4.78 is 0.707. The standard InChI is InChI=1S/C24H22BrN3O3/c1-12-8-9-16(15(25)11-12)28-21(29)18-17-7-4-10-27(17)24(19(18)22(28)30)14-6-3-5-13(2)20(14)26-23(24)31/h3,5-6,8-9,11,17-19H,4,7,10H2,1-2H3,(H,26,31)/t17-,18+,19+,24+/m0/s1. The summed E-state index contributed by atoms with van der Waals surface area (Å²) in [6.45, 7) is 4.64. The fourth-order valence-electron chi connectivity index (χ4n) is 6.41. The monoisotopic (exact) mass is 479 g/mol. The van der Waals surface area contributed by atoms with Gasteiger partial charge in [0.25, 0.3) is 0 Å². The van der Waals surface area contributed by atoms with Gasteiger partial charge in [-0.2, -0.15) is 0 Å². The molecule has 0 aromatic heterocycles. The topological polar surface area (TPSA) is 69.7 Å². The molecule has 6 rings (SSSR count). The molecule has 31 heavy (non-hydrogen) atoms. The van der Waals surface area contributed by atoms with Gasteiger partial charge in [0.15, 0.2) is 0 Å². The van der Waals surface area contributed by atoms with E-state index < -0.39 is 17.4 Å². The molecule has 2 aromatic carbocycles. The average Bonchev–Trinajstić information content (AvgIpc) is 3.42. The Hall–Kier alpha value is -2.51. The second-order valence-corrected chi connectivity index (χ2v) is 9.95. The third-order valence-electron chi connectivity index (χ3n) is 7.58. The van der Waals surface area contributed by atoms with Crippen molar-refractivity contribution in [1.82, 2.24) is 4.90 Å². The zero-order chi connectivity index (χ0) is 21.7. The van der Waals surface area contributed by atoms with E-state index in [0.717, 1.165) is 35.2 Å². The fourth-order valence-corrected chi connectivity index (χ4v) is 7.08. The summed E-state index contributed by atoms with van der Waals surface area (Å²) in [6.07, 6.45) is 1.74. The molecule has 3 saturated heterocycles. The van der Waals surface area contributed by atoms with E-state index in [1.807, 2.05) is 50.2 Å². The number of amides is 3. The van der Waals surface area contributed by atoms with Gasteiger partial charge in [0, 0.05) is 21.8 Å². The van der Waals surface area contributed by atoms with Gasteiger partial charge in [0.05, 0.1) is 17.5 Å². The Morgan fingerprint density at radius 1 is 1.10 bits per heavy atom. The van der Waals surface area contributed by atoms with Crippen molar-refractivity contribution in [2.45, 2.75) is 38.3 Å². The highest BCUT2D eigenvalue weighted by Crippen LogP contribution is 2.61. The van der Waals surface area contributed by atoms with E-state index in [2.05, 4.69) is 26.1 Å². The van der Waals surface area contributed by atoms with Crippen LogP contribution in [0.5, 0.6) is 0 Å². The van der Waals surface area contributed by atoms with Crippen LogP contribution in [0.15, 0.2) is 40.9 Å². The van der Waals surface area contributed by atoms with Crippen molar-refractivity contribution in [1.29, 1.82) is 0 Å². The average molecular weight is 480 g/mol. The number of aryl methyl sites for hydroxylation is 2. The van der Waals surface area contributed by atoms with E-state index in [-0.39, 0.29) is 23.8 Å². The molecule has 7 heteroatoms. The van der Waals surface area contributed by atoms with Gasteiger partial charge in [-0.25, -0.2) is 4.90 Å². The van der Waals surface area contributed by atoms with Gasteiger partial charge in [-0.15, -0.1) is 0 Å². The molecule has 1 N–H and O–H groups in total. The molecule has 0 unspecified atom stereocenters. The number of rotatable bonds is 1. The lowest BCUT2D eigenvalue weighted by Gasteiger charge is -2.36. The van der Waals surface area contributed by atoms with Crippen LogP contribution in [0.1, 0.15) is 29.5 Å². The van der Waals surface area contributed by atoms with Crippen LogP contribution in [0.2, 0.25) is 0 Å². The molecule has 4 aliphatic heterocycles. The first-order valence-corrected chi connectivity index (χ1v) is 11.5. The molecule has 0 radical (unpaired) electrons. The van der Waals surface area contributed by atoms with Crippen molar-refractivity contribution < 1.29 is 14.4 Å². The molecule has 4 heterocycles. The van der Waals surface area contributed by atoms with Crippen molar-refractivity contribution in [3.63, 3.8) is 0 Å². The number of halogens is 1. The Kier molecular flexibility index (Phi) is 3.88. The third kappa shape index (κ3) is 2.18. The molecule has 0 saturated carbocycles. The Labute approximate surface area is 188 Å². The molecule has 1 spiro atoms. The van der Waals surface area contributed by atoms with Gasteiger partial charge in [-0.3, -0.25) is 19.3 Å². The van der Waals surface area contributed by atoms with Gasteiger partial charge >= 0.3 is 0 Å². The number of imide groups is 1. The zero-order valence-electron chi connectivity index (χ0n) is 17.3. The second-order valence-electron chi connectivity index (χ2n) is 9.09. The van der Waals surface area contributed by atoms with Crippen LogP contribution in [0, 0.1) is 25.7 Å². The summed E-state index contributed by atoms with van der Waals surface area (Å²) in [6, 6.07) is 11.3. The lowest BCUT2D eigenvalue weighted by atomic mass is 9.75. The van der Waals surface area contributed by atoms with Crippen LogP contribution in [0.3, 0.4) is 0 Å². The van der Waals surface area contributed by atoms with E-state index in [4.69, 9.17) is 0 Å². The normalized spacial score (nSPS) is 31.4. The highest BCUT2D eigenvalue weighted by Gasteiger charge is 2.74. The molecule has 3 fully saturated rings. The number of fused-ring (bicyclic) bond motifs is 7. The first-order chi connectivity index (χ1) is 14.9. The van der Waals surface area contributed by atoms with Gasteiger partial charge in [-0.1, -0.05) is 24.3 Å². The lowest BCUT2D eigenvalue weighted by Crippen LogP contribution is -2.54. The maximum atomic E-state index is 13.9. The predicted molar refractivity (Wildman–Crippen MR) is 120 cm³/mol. The lowest BCUT2D eigenvalue weighted by molar-refractivity contribution is -0.135. The minimum atomic E-state index is -1.12. The van der Waals surface area contributed by atoms with Crippen molar-refractivity contribution in [3.8, 4) is 0 Å². The summed E-state index contributed by atoms with van der Waals surface area (Å²) >= 11 is 3.53. The first kappa shape index (κ1) is 19.2. The Balaban J connectivity index is 1.57. The van der Waals surface area contributed by atoms with E-state index in [1.165, 1.54) is 4.90 Å². The van der Waals surface area contributed by atoms with Crippen molar-refractivity contribution in [3.05, 3.63) is 57.6 Å². The summed E-state index contributed by atoms with van der Waals surface area (Å²) in [5, 5.41) is 3.06. The highest BCUT2D eigenvalue weighted by atomic mass is 79.9. The largest absolute Gasteiger partial charge is 0.324 e. The number of carbonyl (C=O) groups is 3. The van der Waals surface area contributed by atoms with Crippen molar-refractivity contribution in [2.24, 2.45) is 11.8 Å². The van der Waals surface area contributed by atoms with E-state index in [0.29, 0.717) is 16.7 Å². The maximum absolute atomic E-state index is 13.9. The van der Waals surface area contributed by atoms with E-state index >= 15 is 0 Å². The van der Waals surface area contributed by atoms with Gasteiger partial charge in [0.2, 0.25) is 17.7 Å². The number of nitrogens with one attached hydrogen (secondary N) is 1. The number of hydrogen-bond donors (Lipinski definition) is 1. The van der Waals surface area contributed by atoms with Crippen LogP contribution in [0.4, 0.5) is 11.4 Å². The number of carbonyl (C=O) groups excluding carboxylic acids is 3. The molecule has 158 valence electrons. The van der Waals surface area contributed by atoms with Crippen LogP contribution >= 0.6 is 15.9 Å². The molecule has 6 nitrogen and oxygen atoms in total. The van der Waals surface area contributed by atoms with Gasteiger partial charge in [-0.05, 0) is 72.4 Å². The van der Waals surface area contributed by atoms with Crippen LogP contribution in [-0.2, 0) is 19.9 Å². The quantitative estimate of drug-likeness (QED) is 0.635. The van der Waals surface area contributed by atoms with E-state index in [9.17, 15) is 14.4 Å². The molecular weight excluding hydrogens is 458 g/mol. The summed E-state index contributed by atoms with van der Waals surface area (Å²) in [5.41, 5.74) is 3.06. The Bertz CT molecular complexity index is 1190. The van der Waals surface area contributed by atoms with Crippen LogP contribution in [-0.4, -0.2) is 35.2 Å². The molecule has 4 atom stereocenters. The summed E-state index contributed by atoms with van der Waals surface area (Å²) in [5.74, 6) is -1.88. The van der Waals surface area contributed by atoms with Crippen LogP contribution < -0.4 is 10.2 Å². The van der Waals surface area contributed by atoms with E-state index in [1.54, 1.807) is 0 Å². The minimum Gasteiger partial charge on any atom is -0.324 e. The third-order valence-corrected chi connectivity index (χ3v) is 8.22. The van der Waals surface area contributed by atoms with Gasteiger partial charge in [0.1, 0.15) is 5.54 Å². The molecule has 4 aliphatic rings. The van der Waals surface area contributed by atoms with Crippen molar-refractivity contribution >= 4 is 45.0 Å². The molecule has 0 aliphatic carbocycles. The summed E-state index contributed by atoms with van der Waals surface area (Å²) in [4.78, 5) is 44.8. The summed E-state index contributed by atoms with van der Waals surface area (Å²) in [7, 11) is 0. The number of benzene rings is 2. The molecular formula is C24H22BrN3O3. The predicted octanol–water partition coefficient (Wildman–Crippen LogP) is 3.50. The number of para-hydroxylation sites is 1. The van der Waals surface area contributed by atoms with Gasteiger partial charge < -0.3 is 5.32 Å². The van der Waals surface area contributed by atoms with Crippen LogP contribution in [0.25, 0.3) is 0 Å². The highest BCUT2D eigenvalue weighted by molar-refractivity contribution is 9.10. The molecule has 2 aromatic rings. The minimum absolute atomic E-state index is 0.104. The molecule has 3 amide bonds. The second kappa shape index (κ2) is 6.26. The Morgan fingerprint density at radius 2 is 1.90 bits per heavy atom. The van der Waals surface area contributed by atoms with Crippen molar-refractivity contribution in [2.75, 3.05) is 16.8 Å². The Morgan fingerprint density at radius 3 is 2.68 bits per heavy atom. The molecule has 0 bridgehead atoms. The number of nitrogens with zero attached hydrogens (tertiary/aromatic N) is 2. The maximum Gasteiger partial charge on any atom is 0.250 e. The fraction of sp³-hybridized carbons (Fsp3) is 0.375. The zero-order valence-corrected chi connectivity index (χ0v) is 18.9. The SMILES string of the molecule is Cc1ccc(N2C(=O)[C@@H]3[C@@H]4CCCN4[C@@]4(C(=O)Nc5c(C)cccc54)[C@H]3C2=O)c(Br)c1. The smallest absolute Gasteiger partial charge is 0.250 e.